The average molecular weight is 369 g/mol. The minimum atomic E-state index is -0.687. The number of aromatic nitrogens is 1. The number of hydrogen-bond acceptors (Lipinski definition) is 5. The number of carbonyl (C=O) groups is 2. The van der Waals surface area contributed by atoms with Crippen molar-refractivity contribution in [1.29, 1.82) is 0 Å². The van der Waals surface area contributed by atoms with Crippen molar-refractivity contribution >= 4 is 22.9 Å². The first-order chi connectivity index (χ1) is 13.1. The fraction of sp³-hybridized carbons (Fsp3) is 0.316. The number of hydrogen-bond donors (Lipinski definition) is 0. The Balaban J connectivity index is 1.47. The fourth-order valence-electron chi connectivity index (χ4n) is 3.41. The highest BCUT2D eigenvalue weighted by Crippen LogP contribution is 2.19. The quantitative estimate of drug-likeness (QED) is 0.702. The van der Waals surface area contributed by atoms with Gasteiger partial charge in [0.2, 0.25) is 5.91 Å². The molecular formula is C19H19N3O5. The van der Waals surface area contributed by atoms with Crippen LogP contribution in [0.3, 0.4) is 0 Å². The summed E-state index contributed by atoms with van der Waals surface area (Å²) in [6.07, 6.45) is 1.46. The molecule has 4 rings (SSSR count). The monoisotopic (exact) mass is 369 g/mol. The molecule has 8 heteroatoms. The number of piperazine rings is 1. The van der Waals surface area contributed by atoms with Crippen molar-refractivity contribution < 1.29 is 18.4 Å². The van der Waals surface area contributed by atoms with Crippen molar-refractivity contribution in [3.8, 4) is 0 Å². The fourth-order valence-corrected chi connectivity index (χ4v) is 3.41. The van der Waals surface area contributed by atoms with Gasteiger partial charge in [0.1, 0.15) is 6.04 Å². The van der Waals surface area contributed by atoms with E-state index in [-0.39, 0.29) is 11.8 Å². The second-order valence-electron chi connectivity index (χ2n) is 6.48. The summed E-state index contributed by atoms with van der Waals surface area (Å²) in [5.74, 6) is -0.616. The number of nitrogens with zero attached hydrogens (tertiary/aromatic N) is 3. The van der Waals surface area contributed by atoms with E-state index >= 15 is 0 Å². The van der Waals surface area contributed by atoms with Gasteiger partial charge in [-0.2, -0.15) is 0 Å². The van der Waals surface area contributed by atoms with Crippen molar-refractivity contribution in [3.63, 3.8) is 0 Å². The number of rotatable bonds is 3. The van der Waals surface area contributed by atoms with Crippen molar-refractivity contribution in [2.24, 2.45) is 0 Å². The van der Waals surface area contributed by atoms with Crippen LogP contribution in [0.25, 0.3) is 11.1 Å². The molecule has 1 fully saturated rings. The Bertz CT molecular complexity index is 1030. The minimum Gasteiger partial charge on any atom is -0.459 e. The third-order valence-electron chi connectivity index (χ3n) is 4.87. The van der Waals surface area contributed by atoms with E-state index in [0.29, 0.717) is 43.0 Å². The van der Waals surface area contributed by atoms with Crippen LogP contribution in [0.5, 0.6) is 0 Å². The lowest BCUT2D eigenvalue weighted by molar-refractivity contribution is -0.135. The largest absolute Gasteiger partial charge is 0.459 e. The van der Waals surface area contributed by atoms with Gasteiger partial charge in [0.05, 0.1) is 11.8 Å². The van der Waals surface area contributed by atoms with Gasteiger partial charge in [-0.1, -0.05) is 12.1 Å². The summed E-state index contributed by atoms with van der Waals surface area (Å²) in [7, 11) is 0. The molecule has 0 radical (unpaired) electrons. The standard InChI is InChI=1S/C19H19N3O5/c1-13(22-14-5-2-3-6-15(14)27-19(22)25)17(23)20-8-10-21(11-9-20)18(24)16-7-4-12-26-16/h2-7,12-13H,8-11H2,1H3. The number of para-hydroxylation sites is 2. The molecule has 1 aliphatic rings. The molecule has 1 aromatic carbocycles. The summed E-state index contributed by atoms with van der Waals surface area (Å²) in [6, 6.07) is 9.63. The Morgan fingerprint density at radius 1 is 1.00 bits per heavy atom. The molecule has 1 atom stereocenters. The smallest absolute Gasteiger partial charge is 0.420 e. The lowest BCUT2D eigenvalue weighted by Gasteiger charge is -2.35. The molecule has 1 saturated heterocycles. The van der Waals surface area contributed by atoms with Crippen LogP contribution in [0.15, 0.2) is 56.3 Å². The van der Waals surface area contributed by atoms with E-state index in [1.807, 2.05) is 0 Å². The SMILES string of the molecule is CC(C(=O)N1CCN(C(=O)c2ccco2)CC1)n1c(=O)oc2ccccc21. The number of carbonyl (C=O) groups excluding carboxylic acids is 2. The first kappa shape index (κ1) is 17.1. The lowest BCUT2D eigenvalue weighted by Crippen LogP contribution is -2.52. The maximum atomic E-state index is 12.9. The molecule has 2 aromatic heterocycles. The van der Waals surface area contributed by atoms with Gasteiger partial charge in [-0.3, -0.25) is 14.2 Å². The molecule has 3 heterocycles. The molecule has 0 N–H and O–H groups in total. The summed E-state index contributed by atoms with van der Waals surface area (Å²) in [5, 5.41) is 0. The first-order valence-electron chi connectivity index (χ1n) is 8.78. The normalized spacial score (nSPS) is 15.9. The number of amides is 2. The van der Waals surface area contributed by atoms with E-state index in [4.69, 9.17) is 8.83 Å². The Labute approximate surface area is 154 Å². The van der Waals surface area contributed by atoms with Crippen molar-refractivity contribution in [2.75, 3.05) is 26.2 Å². The highest BCUT2D eigenvalue weighted by molar-refractivity contribution is 5.91. The summed E-state index contributed by atoms with van der Waals surface area (Å²) >= 11 is 0. The zero-order valence-electron chi connectivity index (χ0n) is 14.8. The van der Waals surface area contributed by atoms with E-state index in [1.54, 1.807) is 53.1 Å². The van der Waals surface area contributed by atoms with Gasteiger partial charge in [0, 0.05) is 26.2 Å². The predicted molar refractivity (Wildman–Crippen MR) is 96.4 cm³/mol. The van der Waals surface area contributed by atoms with Crippen LogP contribution in [0.1, 0.15) is 23.5 Å². The second-order valence-corrected chi connectivity index (χ2v) is 6.48. The zero-order valence-corrected chi connectivity index (χ0v) is 14.8. The molecule has 0 aliphatic carbocycles. The highest BCUT2D eigenvalue weighted by atomic mass is 16.4. The molecule has 2 amide bonds. The van der Waals surface area contributed by atoms with Gasteiger partial charge >= 0.3 is 5.76 Å². The minimum absolute atomic E-state index is 0.172. The lowest BCUT2D eigenvalue weighted by atomic mass is 10.2. The Kier molecular flexibility index (Phi) is 4.31. The van der Waals surface area contributed by atoms with Gasteiger partial charge in [-0.05, 0) is 31.2 Å². The molecule has 8 nitrogen and oxygen atoms in total. The maximum absolute atomic E-state index is 12.9. The molecule has 0 spiro atoms. The van der Waals surface area contributed by atoms with Crippen LogP contribution in [0.4, 0.5) is 0 Å². The van der Waals surface area contributed by atoms with Gasteiger partial charge in [0.15, 0.2) is 11.3 Å². The van der Waals surface area contributed by atoms with Crippen LogP contribution in [0, 0.1) is 0 Å². The summed E-state index contributed by atoms with van der Waals surface area (Å²) < 4.78 is 11.7. The van der Waals surface area contributed by atoms with Crippen LogP contribution < -0.4 is 5.76 Å². The number of benzene rings is 1. The molecule has 3 aromatic rings. The topological polar surface area (TPSA) is 88.9 Å². The third kappa shape index (κ3) is 3.03. The summed E-state index contributed by atoms with van der Waals surface area (Å²) in [6.45, 7) is 3.32. The molecule has 27 heavy (non-hydrogen) atoms. The van der Waals surface area contributed by atoms with E-state index in [0.717, 1.165) is 0 Å². The molecule has 1 aliphatic heterocycles. The number of oxazole rings is 1. The van der Waals surface area contributed by atoms with E-state index < -0.39 is 11.8 Å². The summed E-state index contributed by atoms with van der Waals surface area (Å²) in [4.78, 5) is 40.8. The number of fused-ring (bicyclic) bond motifs is 1. The van der Waals surface area contributed by atoms with E-state index in [2.05, 4.69) is 0 Å². The van der Waals surface area contributed by atoms with E-state index in [9.17, 15) is 14.4 Å². The zero-order chi connectivity index (χ0) is 19.0. The molecular weight excluding hydrogens is 350 g/mol. The van der Waals surface area contributed by atoms with Crippen molar-refractivity contribution in [3.05, 3.63) is 59.0 Å². The number of furan rings is 1. The Hall–Kier alpha value is -3.29. The third-order valence-corrected chi connectivity index (χ3v) is 4.87. The van der Waals surface area contributed by atoms with Crippen LogP contribution in [0.2, 0.25) is 0 Å². The molecule has 0 bridgehead atoms. The average Bonchev–Trinajstić information content (AvgIpc) is 3.33. The summed E-state index contributed by atoms with van der Waals surface area (Å²) in [5.41, 5.74) is 1.05. The first-order valence-corrected chi connectivity index (χ1v) is 8.78. The van der Waals surface area contributed by atoms with Gasteiger partial charge in [-0.25, -0.2) is 4.79 Å². The highest BCUT2D eigenvalue weighted by Gasteiger charge is 2.30. The van der Waals surface area contributed by atoms with Gasteiger partial charge < -0.3 is 18.6 Å². The molecule has 1 unspecified atom stereocenters. The van der Waals surface area contributed by atoms with Crippen molar-refractivity contribution in [1.82, 2.24) is 14.4 Å². The van der Waals surface area contributed by atoms with Crippen LogP contribution in [-0.2, 0) is 4.79 Å². The molecule has 0 saturated carbocycles. The second kappa shape index (κ2) is 6.79. The molecule has 140 valence electrons. The van der Waals surface area contributed by atoms with E-state index in [1.165, 1.54) is 10.8 Å². The predicted octanol–water partition coefficient (Wildman–Crippen LogP) is 1.73. The van der Waals surface area contributed by atoms with Gasteiger partial charge in [0.25, 0.3) is 5.91 Å². The maximum Gasteiger partial charge on any atom is 0.420 e. The Morgan fingerprint density at radius 2 is 1.70 bits per heavy atom. The van der Waals surface area contributed by atoms with Crippen LogP contribution in [-0.4, -0.2) is 52.4 Å². The van der Waals surface area contributed by atoms with Crippen LogP contribution >= 0.6 is 0 Å². The van der Waals surface area contributed by atoms with Gasteiger partial charge in [-0.15, -0.1) is 0 Å². The Morgan fingerprint density at radius 3 is 2.41 bits per heavy atom. The van der Waals surface area contributed by atoms with Crippen molar-refractivity contribution in [2.45, 2.75) is 13.0 Å².